The second-order valence-corrected chi connectivity index (χ2v) is 7.68. The lowest BCUT2D eigenvalue weighted by Crippen LogP contribution is -2.14. The van der Waals surface area contributed by atoms with E-state index in [4.69, 9.17) is 16.3 Å². The third-order valence-electron chi connectivity index (χ3n) is 5.29. The summed E-state index contributed by atoms with van der Waals surface area (Å²) in [6, 6.07) is 7.48. The van der Waals surface area contributed by atoms with Gasteiger partial charge in [0.2, 0.25) is 5.88 Å². The molecule has 5 rings (SSSR count). The van der Waals surface area contributed by atoms with Crippen LogP contribution in [0.4, 0.5) is 0 Å². The van der Waals surface area contributed by atoms with E-state index in [-0.39, 0.29) is 18.1 Å². The topological polar surface area (TPSA) is 96.8 Å². The van der Waals surface area contributed by atoms with Crippen molar-refractivity contribution in [3.63, 3.8) is 0 Å². The molecule has 0 bridgehead atoms. The molecular formula is C20H18ClN5O2. The van der Waals surface area contributed by atoms with E-state index >= 15 is 0 Å². The first kappa shape index (κ1) is 17.3. The van der Waals surface area contributed by atoms with Crippen molar-refractivity contribution in [1.29, 1.82) is 0 Å². The highest BCUT2D eigenvalue weighted by Crippen LogP contribution is 2.33. The Hall–Kier alpha value is -2.77. The van der Waals surface area contributed by atoms with E-state index in [9.17, 15) is 5.11 Å². The number of hydrogen-bond acceptors (Lipinski definition) is 6. The van der Waals surface area contributed by atoms with Gasteiger partial charge in [0.05, 0.1) is 11.6 Å². The molecule has 1 aromatic carbocycles. The monoisotopic (exact) mass is 395 g/mol. The van der Waals surface area contributed by atoms with Crippen LogP contribution >= 0.6 is 11.6 Å². The summed E-state index contributed by atoms with van der Waals surface area (Å²) in [6.45, 7) is 2.03. The summed E-state index contributed by atoms with van der Waals surface area (Å²) in [7, 11) is 0. The third-order valence-corrected chi connectivity index (χ3v) is 5.52. The van der Waals surface area contributed by atoms with Crippen molar-refractivity contribution in [3.8, 4) is 17.3 Å². The van der Waals surface area contributed by atoms with E-state index in [1.807, 2.05) is 31.2 Å². The van der Waals surface area contributed by atoms with Gasteiger partial charge in [-0.25, -0.2) is 9.97 Å². The summed E-state index contributed by atoms with van der Waals surface area (Å²) in [5, 5.41) is 11.6. The fraction of sp³-hybridized carbons (Fsp3) is 0.300. The minimum absolute atomic E-state index is 0.0706. The lowest BCUT2D eigenvalue weighted by Gasteiger charge is -2.12. The predicted octanol–water partition coefficient (Wildman–Crippen LogP) is 3.76. The number of pyridine rings is 1. The van der Waals surface area contributed by atoms with Crippen molar-refractivity contribution >= 4 is 33.7 Å². The van der Waals surface area contributed by atoms with Crippen molar-refractivity contribution in [2.45, 2.75) is 32.0 Å². The highest BCUT2D eigenvalue weighted by molar-refractivity contribution is 6.31. The van der Waals surface area contributed by atoms with Crippen LogP contribution in [0.5, 0.6) is 5.88 Å². The molecular weight excluding hydrogens is 378 g/mol. The van der Waals surface area contributed by atoms with Crippen molar-refractivity contribution in [1.82, 2.24) is 24.9 Å². The van der Waals surface area contributed by atoms with Crippen LogP contribution in [-0.2, 0) is 0 Å². The van der Waals surface area contributed by atoms with Crippen LogP contribution in [0.15, 0.2) is 36.8 Å². The number of hydrogen-bond donors (Lipinski definition) is 2. The SMILES string of the molecule is C[C@H]1C[C@@H](Oc2ncnc3nc(-c4ccnc5cc(Cl)ccc45)[nH]c23)C[C@@H]1O. The Bertz CT molecular complexity index is 1170. The molecule has 1 aliphatic carbocycles. The number of ether oxygens (including phenoxy) is 1. The molecule has 3 heterocycles. The summed E-state index contributed by atoms with van der Waals surface area (Å²) < 4.78 is 6.07. The van der Waals surface area contributed by atoms with Gasteiger partial charge in [-0.05, 0) is 30.5 Å². The number of fused-ring (bicyclic) bond motifs is 2. The average Bonchev–Trinajstić information content (AvgIpc) is 3.25. The van der Waals surface area contributed by atoms with E-state index in [1.54, 1.807) is 6.20 Å². The van der Waals surface area contributed by atoms with Gasteiger partial charge in [-0.3, -0.25) is 4.98 Å². The van der Waals surface area contributed by atoms with Crippen LogP contribution in [0.2, 0.25) is 5.02 Å². The molecule has 0 spiro atoms. The lowest BCUT2D eigenvalue weighted by atomic mass is 10.1. The molecule has 0 amide bonds. The Labute approximate surface area is 165 Å². The van der Waals surface area contributed by atoms with Gasteiger partial charge in [-0.1, -0.05) is 24.6 Å². The van der Waals surface area contributed by atoms with Gasteiger partial charge < -0.3 is 14.8 Å². The molecule has 142 valence electrons. The lowest BCUT2D eigenvalue weighted by molar-refractivity contribution is 0.129. The maximum Gasteiger partial charge on any atom is 0.243 e. The van der Waals surface area contributed by atoms with Crippen molar-refractivity contribution in [2.75, 3.05) is 0 Å². The van der Waals surface area contributed by atoms with Crippen LogP contribution in [0.3, 0.4) is 0 Å². The van der Waals surface area contributed by atoms with Gasteiger partial charge in [0.25, 0.3) is 0 Å². The Morgan fingerprint density at radius 2 is 2.07 bits per heavy atom. The second-order valence-electron chi connectivity index (χ2n) is 7.24. The molecule has 1 aliphatic rings. The zero-order chi connectivity index (χ0) is 19.3. The molecule has 28 heavy (non-hydrogen) atoms. The number of H-pyrrole nitrogens is 1. The number of nitrogens with one attached hydrogen (secondary N) is 1. The highest BCUT2D eigenvalue weighted by atomic mass is 35.5. The Balaban J connectivity index is 1.56. The molecule has 4 aromatic rings. The first-order valence-corrected chi connectivity index (χ1v) is 9.56. The summed E-state index contributed by atoms with van der Waals surface area (Å²) in [5.41, 5.74) is 2.87. The average molecular weight is 396 g/mol. The minimum Gasteiger partial charge on any atom is -0.473 e. The van der Waals surface area contributed by atoms with E-state index in [0.717, 1.165) is 22.9 Å². The normalized spacial score (nSPS) is 22.2. The summed E-state index contributed by atoms with van der Waals surface area (Å²) in [5.74, 6) is 1.33. The first-order valence-electron chi connectivity index (χ1n) is 9.18. The largest absolute Gasteiger partial charge is 0.473 e. The predicted molar refractivity (Wildman–Crippen MR) is 106 cm³/mol. The van der Waals surface area contributed by atoms with Crippen LogP contribution in [0.25, 0.3) is 33.5 Å². The number of aliphatic hydroxyl groups is 1. The van der Waals surface area contributed by atoms with Crippen LogP contribution in [-0.4, -0.2) is 42.2 Å². The Morgan fingerprint density at radius 1 is 1.18 bits per heavy atom. The molecule has 8 heteroatoms. The molecule has 2 N–H and O–H groups in total. The number of benzene rings is 1. The van der Waals surface area contributed by atoms with Crippen molar-refractivity contribution in [3.05, 3.63) is 41.8 Å². The standard InChI is InChI=1S/C20H18ClN5O2/c1-10-6-12(8-16(10)27)28-20-17-19(23-9-24-20)26-18(25-17)14-4-5-22-15-7-11(21)2-3-13(14)15/h2-5,7,9-10,12,16,27H,6,8H2,1H3,(H,23,24,25,26)/t10-,12+,16-/m0/s1. The number of aromatic amines is 1. The minimum atomic E-state index is -0.338. The first-order chi connectivity index (χ1) is 13.6. The Morgan fingerprint density at radius 3 is 2.89 bits per heavy atom. The Kier molecular flexibility index (Phi) is 4.14. The fourth-order valence-electron chi connectivity index (χ4n) is 3.78. The fourth-order valence-corrected chi connectivity index (χ4v) is 3.94. The molecule has 0 unspecified atom stereocenters. The van der Waals surface area contributed by atoms with E-state index in [0.29, 0.717) is 34.3 Å². The number of halogens is 1. The summed E-state index contributed by atoms with van der Waals surface area (Å²) >= 11 is 6.09. The maximum absolute atomic E-state index is 9.98. The quantitative estimate of drug-likeness (QED) is 0.548. The van der Waals surface area contributed by atoms with E-state index in [2.05, 4.69) is 24.9 Å². The highest BCUT2D eigenvalue weighted by Gasteiger charge is 2.32. The van der Waals surface area contributed by atoms with Gasteiger partial charge >= 0.3 is 0 Å². The molecule has 0 saturated heterocycles. The maximum atomic E-state index is 9.98. The van der Waals surface area contributed by atoms with E-state index < -0.39 is 0 Å². The number of imidazole rings is 1. The van der Waals surface area contributed by atoms with Gasteiger partial charge in [0, 0.05) is 28.6 Å². The third kappa shape index (κ3) is 2.96. The van der Waals surface area contributed by atoms with Crippen LogP contribution in [0.1, 0.15) is 19.8 Å². The number of aromatic nitrogens is 5. The number of rotatable bonds is 3. The summed E-state index contributed by atoms with van der Waals surface area (Å²) in [4.78, 5) is 20.9. The molecule has 3 aromatic heterocycles. The molecule has 3 atom stereocenters. The van der Waals surface area contributed by atoms with Crippen molar-refractivity contribution < 1.29 is 9.84 Å². The molecule has 1 saturated carbocycles. The molecule has 7 nitrogen and oxygen atoms in total. The van der Waals surface area contributed by atoms with Gasteiger partial charge in [-0.2, -0.15) is 4.98 Å². The van der Waals surface area contributed by atoms with Crippen LogP contribution < -0.4 is 4.74 Å². The number of aliphatic hydroxyl groups excluding tert-OH is 1. The zero-order valence-corrected chi connectivity index (χ0v) is 15.9. The number of nitrogens with zero attached hydrogens (tertiary/aromatic N) is 4. The van der Waals surface area contributed by atoms with E-state index in [1.165, 1.54) is 6.33 Å². The molecule has 0 radical (unpaired) electrons. The zero-order valence-electron chi connectivity index (χ0n) is 15.1. The smallest absolute Gasteiger partial charge is 0.243 e. The second kappa shape index (κ2) is 6.68. The van der Waals surface area contributed by atoms with Crippen molar-refractivity contribution in [2.24, 2.45) is 5.92 Å². The van der Waals surface area contributed by atoms with Gasteiger partial charge in [0.1, 0.15) is 23.8 Å². The molecule has 0 aliphatic heterocycles. The van der Waals surface area contributed by atoms with Gasteiger partial charge in [0.15, 0.2) is 5.65 Å². The van der Waals surface area contributed by atoms with Gasteiger partial charge in [-0.15, -0.1) is 0 Å². The molecule has 1 fully saturated rings. The van der Waals surface area contributed by atoms with Crippen LogP contribution in [0, 0.1) is 5.92 Å². The summed E-state index contributed by atoms with van der Waals surface area (Å²) in [6.07, 6.45) is 4.16.